The van der Waals surface area contributed by atoms with Crippen LogP contribution in [0, 0.1) is 0 Å². The van der Waals surface area contributed by atoms with Gasteiger partial charge in [0, 0.05) is 50.9 Å². The largest absolute Gasteiger partial charge is 0.385 e. The normalized spacial score (nSPS) is 20.2. The first-order valence-electron chi connectivity index (χ1n) is 7.95. The molecule has 0 aromatic carbocycles. The van der Waals surface area contributed by atoms with Gasteiger partial charge in [0.05, 0.1) is 0 Å². The van der Waals surface area contributed by atoms with Gasteiger partial charge in [-0.3, -0.25) is 4.99 Å². The van der Waals surface area contributed by atoms with Gasteiger partial charge in [-0.1, -0.05) is 6.92 Å². The van der Waals surface area contributed by atoms with Gasteiger partial charge in [-0.15, -0.1) is 0 Å². The Morgan fingerprint density at radius 1 is 1.35 bits per heavy atom. The zero-order valence-electron chi connectivity index (χ0n) is 13.4. The van der Waals surface area contributed by atoms with Crippen LogP contribution < -0.4 is 5.32 Å². The van der Waals surface area contributed by atoms with E-state index in [2.05, 4.69) is 35.8 Å². The highest BCUT2D eigenvalue weighted by molar-refractivity contribution is 8.00. The predicted molar refractivity (Wildman–Crippen MR) is 89.8 cm³/mol. The summed E-state index contributed by atoms with van der Waals surface area (Å²) >= 11 is 2.10. The lowest BCUT2D eigenvalue weighted by Gasteiger charge is -2.34. The lowest BCUT2D eigenvalue weighted by atomic mass is 10.2. The van der Waals surface area contributed by atoms with Gasteiger partial charge in [-0.25, -0.2) is 0 Å². The highest BCUT2D eigenvalue weighted by atomic mass is 32.2. The summed E-state index contributed by atoms with van der Waals surface area (Å²) in [5.41, 5.74) is 0. The van der Waals surface area contributed by atoms with Crippen LogP contribution in [-0.2, 0) is 4.74 Å². The second-order valence-electron chi connectivity index (χ2n) is 5.14. The molecule has 5 heteroatoms. The van der Waals surface area contributed by atoms with Gasteiger partial charge in [0.2, 0.25) is 0 Å². The van der Waals surface area contributed by atoms with Crippen molar-refractivity contribution in [3.05, 3.63) is 0 Å². The van der Waals surface area contributed by atoms with Crippen LogP contribution >= 0.6 is 11.8 Å². The minimum absolute atomic E-state index is 0.759. The molecule has 1 atom stereocenters. The van der Waals surface area contributed by atoms with Crippen molar-refractivity contribution in [2.75, 3.05) is 45.6 Å². The number of nitrogens with zero attached hydrogens (tertiary/aromatic N) is 2. The average Bonchev–Trinajstić information content (AvgIpc) is 2.49. The molecule has 0 spiro atoms. The first-order chi connectivity index (χ1) is 9.81. The molecule has 1 N–H and O–H groups in total. The number of hydrogen-bond donors (Lipinski definition) is 1. The molecule has 1 rings (SSSR count). The summed E-state index contributed by atoms with van der Waals surface area (Å²) in [6.07, 6.45) is 4.74. The summed E-state index contributed by atoms with van der Waals surface area (Å²) in [7, 11) is 1.76. The highest BCUT2D eigenvalue weighted by Crippen LogP contribution is 2.21. The number of nitrogens with one attached hydrogen (secondary N) is 1. The van der Waals surface area contributed by atoms with Crippen molar-refractivity contribution in [1.29, 1.82) is 0 Å². The van der Waals surface area contributed by atoms with E-state index in [9.17, 15) is 0 Å². The number of methoxy groups -OCH3 is 1. The second-order valence-corrected chi connectivity index (χ2v) is 6.54. The third kappa shape index (κ3) is 6.84. The van der Waals surface area contributed by atoms with Crippen molar-refractivity contribution >= 4 is 17.7 Å². The molecule has 0 amide bonds. The Kier molecular flexibility index (Phi) is 9.93. The topological polar surface area (TPSA) is 36.9 Å². The van der Waals surface area contributed by atoms with Crippen LogP contribution in [0.4, 0.5) is 0 Å². The summed E-state index contributed by atoms with van der Waals surface area (Å²) in [5, 5.41) is 4.20. The second kappa shape index (κ2) is 11.3. The minimum atomic E-state index is 0.759. The lowest BCUT2D eigenvalue weighted by Crippen LogP contribution is -2.48. The quantitative estimate of drug-likeness (QED) is 0.425. The van der Waals surface area contributed by atoms with E-state index < -0.39 is 0 Å². The number of unbranched alkanes of at least 4 members (excludes halogenated alkanes) is 2. The van der Waals surface area contributed by atoms with Gasteiger partial charge in [-0.2, -0.15) is 11.8 Å². The molecule has 0 bridgehead atoms. The minimum Gasteiger partial charge on any atom is -0.385 e. The fourth-order valence-corrected chi connectivity index (χ4v) is 3.48. The maximum absolute atomic E-state index is 5.07. The predicted octanol–water partition coefficient (Wildman–Crippen LogP) is 2.60. The van der Waals surface area contributed by atoms with E-state index in [0.717, 1.165) is 56.8 Å². The first-order valence-corrected chi connectivity index (χ1v) is 9.00. The van der Waals surface area contributed by atoms with Gasteiger partial charge in [-0.05, 0) is 32.6 Å². The molecule has 0 saturated carbocycles. The van der Waals surface area contributed by atoms with Crippen molar-refractivity contribution in [2.24, 2.45) is 4.99 Å². The van der Waals surface area contributed by atoms with Crippen molar-refractivity contribution in [1.82, 2.24) is 10.2 Å². The summed E-state index contributed by atoms with van der Waals surface area (Å²) < 4.78 is 5.07. The lowest BCUT2D eigenvalue weighted by molar-refractivity contribution is 0.192. The van der Waals surface area contributed by atoms with Crippen LogP contribution in [-0.4, -0.2) is 61.8 Å². The molecule has 1 saturated heterocycles. The van der Waals surface area contributed by atoms with Crippen molar-refractivity contribution in [3.63, 3.8) is 0 Å². The molecule has 118 valence electrons. The Hall–Kier alpha value is -0.420. The number of aliphatic imine (C=N–C) groups is 1. The monoisotopic (exact) mass is 301 g/mol. The molecule has 1 aliphatic heterocycles. The molecule has 1 unspecified atom stereocenters. The molecule has 0 radical (unpaired) electrons. The molecule has 1 fully saturated rings. The summed E-state index contributed by atoms with van der Waals surface area (Å²) in [6, 6.07) is 0. The maximum Gasteiger partial charge on any atom is 0.193 e. The molecule has 0 aromatic heterocycles. The van der Waals surface area contributed by atoms with Crippen molar-refractivity contribution < 1.29 is 4.74 Å². The van der Waals surface area contributed by atoms with E-state index in [1.54, 1.807) is 7.11 Å². The van der Waals surface area contributed by atoms with E-state index in [1.807, 2.05) is 0 Å². The summed E-state index contributed by atoms with van der Waals surface area (Å²) in [6.45, 7) is 9.42. The van der Waals surface area contributed by atoms with Gasteiger partial charge < -0.3 is 15.0 Å². The van der Waals surface area contributed by atoms with E-state index in [4.69, 9.17) is 9.73 Å². The van der Waals surface area contributed by atoms with Crippen LogP contribution in [0.5, 0.6) is 0 Å². The van der Waals surface area contributed by atoms with Gasteiger partial charge in [0.1, 0.15) is 0 Å². The van der Waals surface area contributed by atoms with E-state index in [-0.39, 0.29) is 0 Å². The molecule has 1 heterocycles. The zero-order valence-corrected chi connectivity index (χ0v) is 14.2. The van der Waals surface area contributed by atoms with Gasteiger partial charge in [0.15, 0.2) is 5.96 Å². The van der Waals surface area contributed by atoms with Crippen LogP contribution in [0.15, 0.2) is 4.99 Å². The Balaban J connectivity index is 2.37. The average molecular weight is 302 g/mol. The number of thioether (sulfide) groups is 1. The summed E-state index contributed by atoms with van der Waals surface area (Å²) in [5.74, 6) is 2.33. The van der Waals surface area contributed by atoms with Crippen LogP contribution in [0.1, 0.15) is 39.5 Å². The molecule has 4 nitrogen and oxygen atoms in total. The van der Waals surface area contributed by atoms with Crippen LogP contribution in [0.25, 0.3) is 0 Å². The maximum atomic E-state index is 5.07. The number of hydrogen-bond acceptors (Lipinski definition) is 3. The van der Waals surface area contributed by atoms with Crippen LogP contribution in [0.2, 0.25) is 0 Å². The Morgan fingerprint density at radius 3 is 2.90 bits per heavy atom. The number of rotatable bonds is 8. The Morgan fingerprint density at radius 2 is 2.20 bits per heavy atom. The SMILES string of the molecule is CCNC(=NCCCCCOC)N1CCSC(CC)C1. The van der Waals surface area contributed by atoms with Crippen LogP contribution in [0.3, 0.4) is 0 Å². The summed E-state index contributed by atoms with van der Waals surface area (Å²) in [4.78, 5) is 7.22. The van der Waals surface area contributed by atoms with Crippen molar-refractivity contribution in [3.8, 4) is 0 Å². The first kappa shape index (κ1) is 17.6. The molecule has 0 aromatic rings. The molecule has 20 heavy (non-hydrogen) atoms. The number of ether oxygens (including phenoxy) is 1. The number of guanidine groups is 1. The molecule has 0 aliphatic carbocycles. The van der Waals surface area contributed by atoms with E-state index in [1.165, 1.54) is 18.6 Å². The smallest absolute Gasteiger partial charge is 0.193 e. The van der Waals surface area contributed by atoms with Gasteiger partial charge in [0.25, 0.3) is 0 Å². The molecule has 1 aliphatic rings. The third-order valence-electron chi connectivity index (χ3n) is 3.50. The Labute approximate surface area is 128 Å². The zero-order chi connectivity index (χ0) is 14.6. The fourth-order valence-electron chi connectivity index (χ4n) is 2.30. The molecular weight excluding hydrogens is 270 g/mol. The third-order valence-corrected chi connectivity index (χ3v) is 4.87. The van der Waals surface area contributed by atoms with E-state index in [0.29, 0.717) is 0 Å². The Bertz CT molecular complexity index is 274. The fraction of sp³-hybridized carbons (Fsp3) is 0.933. The van der Waals surface area contributed by atoms with Crippen molar-refractivity contribution in [2.45, 2.75) is 44.8 Å². The van der Waals surface area contributed by atoms with Gasteiger partial charge >= 0.3 is 0 Å². The van der Waals surface area contributed by atoms with E-state index >= 15 is 0 Å². The molecular formula is C15H31N3OS. The highest BCUT2D eigenvalue weighted by Gasteiger charge is 2.21. The standard InChI is InChI=1S/C15H31N3OS/c1-4-14-13-18(10-12-20-14)15(16-5-2)17-9-7-6-8-11-19-3/h14H,4-13H2,1-3H3,(H,16,17).